The summed E-state index contributed by atoms with van der Waals surface area (Å²) in [5.74, 6) is -0.442. The lowest BCUT2D eigenvalue weighted by atomic mass is 10.2. The predicted molar refractivity (Wildman–Crippen MR) is 65.8 cm³/mol. The molecule has 0 aliphatic rings. The van der Waals surface area contributed by atoms with E-state index in [-0.39, 0.29) is 0 Å². The molecule has 0 bridgehead atoms. The highest BCUT2D eigenvalue weighted by molar-refractivity contribution is 7.19. The van der Waals surface area contributed by atoms with Gasteiger partial charge in [0.05, 0.1) is 16.8 Å². The summed E-state index contributed by atoms with van der Waals surface area (Å²) in [6, 6.07) is 6.75. The van der Waals surface area contributed by atoms with E-state index in [9.17, 15) is 4.79 Å². The van der Waals surface area contributed by atoms with E-state index in [1.807, 2.05) is 24.3 Å². The highest BCUT2D eigenvalue weighted by atomic mass is 35.5. The Morgan fingerprint density at radius 2 is 2.31 bits per heavy atom. The molecule has 84 valence electrons. The summed E-state index contributed by atoms with van der Waals surface area (Å²) >= 11 is 7.46. The first-order valence-corrected chi connectivity index (χ1v) is 5.84. The Hall–Kier alpha value is -1.10. The minimum absolute atomic E-state index is 0.442. The summed E-state index contributed by atoms with van der Waals surface area (Å²) in [6.45, 7) is 0. The first-order valence-electron chi connectivity index (χ1n) is 4.65. The Balaban J connectivity index is 2.47. The van der Waals surface area contributed by atoms with Crippen LogP contribution >= 0.6 is 22.9 Å². The highest BCUT2D eigenvalue weighted by Gasteiger charge is 2.19. The molecule has 1 unspecified atom stereocenters. The molecule has 1 aromatic carbocycles. The van der Waals surface area contributed by atoms with Crippen LogP contribution in [0.5, 0.6) is 0 Å². The van der Waals surface area contributed by atoms with Crippen molar-refractivity contribution in [2.24, 2.45) is 5.73 Å². The third kappa shape index (κ3) is 1.91. The van der Waals surface area contributed by atoms with E-state index < -0.39 is 12.0 Å². The summed E-state index contributed by atoms with van der Waals surface area (Å²) in [5.41, 5.74) is 5.76. The van der Waals surface area contributed by atoms with E-state index in [1.165, 1.54) is 18.4 Å². The van der Waals surface area contributed by atoms with E-state index >= 15 is 0 Å². The Morgan fingerprint density at radius 3 is 2.94 bits per heavy atom. The monoisotopic (exact) mass is 255 g/mol. The molecule has 1 aromatic heterocycles. The Labute approximate surface area is 102 Å². The lowest BCUT2D eigenvalue weighted by Gasteiger charge is -2.05. The minimum Gasteiger partial charge on any atom is -0.468 e. The molecule has 0 radical (unpaired) electrons. The number of rotatable bonds is 2. The lowest BCUT2D eigenvalue weighted by molar-refractivity contribution is -0.142. The highest BCUT2D eigenvalue weighted by Crippen LogP contribution is 2.34. The quantitative estimate of drug-likeness (QED) is 0.840. The number of hydrogen-bond donors (Lipinski definition) is 1. The fourth-order valence-corrected chi connectivity index (χ4v) is 2.80. The molecule has 0 spiro atoms. The molecule has 0 saturated heterocycles. The second-order valence-corrected chi connectivity index (χ2v) is 4.80. The number of ether oxygens (including phenoxy) is 1. The molecular formula is C11H10ClNO2S. The Bertz CT molecular complexity index is 538. The maximum Gasteiger partial charge on any atom is 0.328 e. The number of thiophene rings is 1. The summed E-state index contributed by atoms with van der Waals surface area (Å²) in [4.78, 5) is 12.1. The molecule has 1 atom stereocenters. The molecule has 16 heavy (non-hydrogen) atoms. The first-order chi connectivity index (χ1) is 7.63. The summed E-state index contributed by atoms with van der Waals surface area (Å²) in [7, 11) is 1.32. The Morgan fingerprint density at radius 1 is 1.56 bits per heavy atom. The fourth-order valence-electron chi connectivity index (χ4n) is 1.44. The van der Waals surface area contributed by atoms with Crippen LogP contribution in [0.1, 0.15) is 10.9 Å². The number of esters is 1. The van der Waals surface area contributed by atoms with Gasteiger partial charge in [-0.1, -0.05) is 23.7 Å². The summed E-state index contributed by atoms with van der Waals surface area (Å²) < 4.78 is 5.55. The van der Waals surface area contributed by atoms with Gasteiger partial charge in [0.2, 0.25) is 0 Å². The molecule has 2 rings (SSSR count). The second-order valence-electron chi connectivity index (χ2n) is 3.31. The normalized spacial score (nSPS) is 12.7. The number of fused-ring (bicyclic) bond motifs is 1. The molecule has 2 aromatic rings. The summed E-state index contributed by atoms with van der Waals surface area (Å²) in [6.07, 6.45) is 0. The van der Waals surface area contributed by atoms with Crippen LogP contribution < -0.4 is 5.73 Å². The van der Waals surface area contributed by atoms with E-state index in [0.29, 0.717) is 5.02 Å². The van der Waals surface area contributed by atoms with Crippen LogP contribution in [0.2, 0.25) is 5.02 Å². The minimum atomic E-state index is -0.738. The van der Waals surface area contributed by atoms with E-state index in [0.717, 1.165) is 15.0 Å². The zero-order chi connectivity index (χ0) is 11.7. The molecule has 1 heterocycles. The third-order valence-corrected chi connectivity index (χ3v) is 3.97. The standard InChI is InChI=1S/C11H10ClNO2S/c1-15-11(14)9(13)8-5-6-3-2-4-7(12)10(6)16-8/h2-5,9H,13H2,1H3. The van der Waals surface area contributed by atoms with Gasteiger partial charge in [0.1, 0.15) is 6.04 Å². The van der Waals surface area contributed by atoms with Crippen LogP contribution in [-0.2, 0) is 9.53 Å². The molecule has 0 saturated carbocycles. The zero-order valence-electron chi connectivity index (χ0n) is 8.57. The number of carbonyl (C=O) groups is 1. The van der Waals surface area contributed by atoms with Crippen LogP contribution in [-0.4, -0.2) is 13.1 Å². The molecular weight excluding hydrogens is 246 g/mol. The maximum absolute atomic E-state index is 11.3. The maximum atomic E-state index is 11.3. The van der Waals surface area contributed by atoms with Gasteiger partial charge in [0, 0.05) is 4.88 Å². The largest absolute Gasteiger partial charge is 0.468 e. The van der Waals surface area contributed by atoms with Crippen LogP contribution in [0.3, 0.4) is 0 Å². The van der Waals surface area contributed by atoms with Crippen molar-refractivity contribution in [3.05, 3.63) is 34.2 Å². The van der Waals surface area contributed by atoms with Crippen LogP contribution in [0.4, 0.5) is 0 Å². The van der Waals surface area contributed by atoms with Gasteiger partial charge in [-0.2, -0.15) is 0 Å². The summed E-state index contributed by atoms with van der Waals surface area (Å²) in [5, 5.41) is 1.66. The SMILES string of the molecule is COC(=O)C(N)c1cc2cccc(Cl)c2s1. The van der Waals surface area contributed by atoms with Crippen molar-refractivity contribution in [3.8, 4) is 0 Å². The van der Waals surface area contributed by atoms with Crippen LogP contribution in [0, 0.1) is 0 Å². The number of hydrogen-bond acceptors (Lipinski definition) is 4. The van der Waals surface area contributed by atoms with Gasteiger partial charge in [-0.3, -0.25) is 0 Å². The molecule has 0 aliphatic carbocycles. The smallest absolute Gasteiger partial charge is 0.328 e. The average molecular weight is 256 g/mol. The van der Waals surface area contributed by atoms with Crippen molar-refractivity contribution in [2.45, 2.75) is 6.04 Å². The van der Waals surface area contributed by atoms with Gasteiger partial charge in [-0.05, 0) is 17.5 Å². The van der Waals surface area contributed by atoms with Crippen molar-refractivity contribution < 1.29 is 9.53 Å². The van der Waals surface area contributed by atoms with E-state index in [4.69, 9.17) is 17.3 Å². The van der Waals surface area contributed by atoms with Crippen molar-refractivity contribution >= 4 is 39.0 Å². The van der Waals surface area contributed by atoms with Crippen molar-refractivity contribution in [2.75, 3.05) is 7.11 Å². The first kappa shape index (κ1) is 11.4. The molecule has 0 fully saturated rings. The number of benzene rings is 1. The average Bonchev–Trinajstić information content (AvgIpc) is 2.72. The van der Waals surface area contributed by atoms with E-state index in [1.54, 1.807) is 0 Å². The van der Waals surface area contributed by atoms with Crippen molar-refractivity contribution in [3.63, 3.8) is 0 Å². The van der Waals surface area contributed by atoms with Gasteiger partial charge >= 0.3 is 5.97 Å². The predicted octanol–water partition coefficient (Wildman–Crippen LogP) is 2.73. The van der Waals surface area contributed by atoms with Gasteiger partial charge in [0.15, 0.2) is 0 Å². The van der Waals surface area contributed by atoms with Crippen molar-refractivity contribution in [1.82, 2.24) is 0 Å². The van der Waals surface area contributed by atoms with Crippen molar-refractivity contribution in [1.29, 1.82) is 0 Å². The van der Waals surface area contributed by atoms with Gasteiger partial charge in [-0.15, -0.1) is 11.3 Å². The third-order valence-electron chi connectivity index (χ3n) is 2.28. The molecule has 0 amide bonds. The zero-order valence-corrected chi connectivity index (χ0v) is 10.1. The molecule has 5 heteroatoms. The van der Waals surface area contributed by atoms with Crippen LogP contribution in [0.15, 0.2) is 24.3 Å². The van der Waals surface area contributed by atoms with Gasteiger partial charge < -0.3 is 10.5 Å². The topological polar surface area (TPSA) is 52.3 Å². The second kappa shape index (κ2) is 4.41. The molecule has 2 N–H and O–H groups in total. The fraction of sp³-hybridized carbons (Fsp3) is 0.182. The number of halogens is 1. The lowest BCUT2D eigenvalue weighted by Crippen LogP contribution is -2.21. The van der Waals surface area contributed by atoms with Gasteiger partial charge in [-0.25, -0.2) is 4.79 Å². The van der Waals surface area contributed by atoms with Gasteiger partial charge in [0.25, 0.3) is 0 Å². The molecule has 3 nitrogen and oxygen atoms in total. The number of nitrogens with two attached hydrogens (primary N) is 1. The van der Waals surface area contributed by atoms with Crippen LogP contribution in [0.25, 0.3) is 10.1 Å². The molecule has 0 aliphatic heterocycles. The number of methoxy groups -OCH3 is 1. The number of carbonyl (C=O) groups excluding carboxylic acids is 1. The van der Waals surface area contributed by atoms with E-state index in [2.05, 4.69) is 4.74 Å². The Kier molecular flexibility index (Phi) is 3.14.